The van der Waals surface area contributed by atoms with Crippen LogP contribution in [0.25, 0.3) is 0 Å². The first-order valence-electron chi connectivity index (χ1n) is 4.87. The van der Waals surface area contributed by atoms with E-state index in [-0.39, 0.29) is 17.2 Å². The molecule has 1 N–H and O–H groups in total. The molecule has 0 aromatic heterocycles. The van der Waals surface area contributed by atoms with E-state index in [1.54, 1.807) is 12.1 Å². The molecule has 0 heterocycles. The number of methoxy groups -OCH3 is 2. The van der Waals surface area contributed by atoms with Crippen LogP contribution >= 0.6 is 0 Å². The van der Waals surface area contributed by atoms with E-state index in [0.717, 1.165) is 0 Å². The van der Waals surface area contributed by atoms with Crippen LogP contribution < -0.4 is 14.2 Å². The Morgan fingerprint density at radius 2 is 2.06 bits per heavy atom. The molecule has 1 aromatic rings. The van der Waals surface area contributed by atoms with Gasteiger partial charge in [-0.25, -0.2) is 13.1 Å². The SMILES string of the molecule is C=CCNS(=O)(=O)c1cc(OC)ccc1OC. The second-order valence-corrected chi connectivity index (χ2v) is 4.89. The molecule has 6 heteroatoms. The normalized spacial score (nSPS) is 10.9. The maximum Gasteiger partial charge on any atom is 0.244 e. The molecule has 0 radical (unpaired) electrons. The van der Waals surface area contributed by atoms with Gasteiger partial charge in [-0.05, 0) is 12.1 Å². The van der Waals surface area contributed by atoms with E-state index in [4.69, 9.17) is 9.47 Å². The predicted octanol–water partition coefficient (Wildman–Crippen LogP) is 1.17. The van der Waals surface area contributed by atoms with E-state index < -0.39 is 10.0 Å². The van der Waals surface area contributed by atoms with Crippen molar-refractivity contribution in [3.63, 3.8) is 0 Å². The largest absolute Gasteiger partial charge is 0.497 e. The number of rotatable bonds is 6. The highest BCUT2D eigenvalue weighted by molar-refractivity contribution is 7.89. The molecular formula is C11H15NO4S. The van der Waals surface area contributed by atoms with Crippen LogP contribution in [-0.2, 0) is 10.0 Å². The van der Waals surface area contributed by atoms with Gasteiger partial charge in [0.2, 0.25) is 10.0 Å². The summed E-state index contributed by atoms with van der Waals surface area (Å²) in [6, 6.07) is 4.58. The van der Waals surface area contributed by atoms with Crippen molar-refractivity contribution in [3.05, 3.63) is 30.9 Å². The van der Waals surface area contributed by atoms with E-state index in [9.17, 15) is 8.42 Å². The first-order valence-corrected chi connectivity index (χ1v) is 6.36. The Morgan fingerprint density at radius 1 is 1.35 bits per heavy atom. The quantitative estimate of drug-likeness (QED) is 0.777. The van der Waals surface area contributed by atoms with Crippen LogP contribution in [0, 0.1) is 0 Å². The topological polar surface area (TPSA) is 64.6 Å². The summed E-state index contributed by atoms with van der Waals surface area (Å²) >= 11 is 0. The van der Waals surface area contributed by atoms with Crippen LogP contribution in [0.4, 0.5) is 0 Å². The molecule has 0 saturated heterocycles. The van der Waals surface area contributed by atoms with Gasteiger partial charge < -0.3 is 9.47 Å². The average molecular weight is 257 g/mol. The Hall–Kier alpha value is -1.53. The zero-order valence-corrected chi connectivity index (χ0v) is 10.6. The zero-order valence-electron chi connectivity index (χ0n) is 9.76. The van der Waals surface area contributed by atoms with Gasteiger partial charge in [0.25, 0.3) is 0 Å². The fraction of sp³-hybridized carbons (Fsp3) is 0.273. The number of hydrogen-bond donors (Lipinski definition) is 1. The Morgan fingerprint density at radius 3 is 2.59 bits per heavy atom. The fourth-order valence-corrected chi connectivity index (χ4v) is 2.42. The molecule has 0 unspecified atom stereocenters. The van der Waals surface area contributed by atoms with Crippen LogP contribution in [0.1, 0.15) is 0 Å². The summed E-state index contributed by atoms with van der Waals surface area (Å²) < 4.78 is 36.3. The molecule has 0 aliphatic heterocycles. The lowest BCUT2D eigenvalue weighted by molar-refractivity contribution is 0.392. The van der Waals surface area contributed by atoms with Gasteiger partial charge in [0.1, 0.15) is 16.4 Å². The molecule has 0 aliphatic rings. The molecule has 1 rings (SSSR count). The first kappa shape index (κ1) is 13.5. The molecule has 0 saturated carbocycles. The molecule has 0 fully saturated rings. The zero-order chi connectivity index (χ0) is 12.9. The highest BCUT2D eigenvalue weighted by Crippen LogP contribution is 2.27. The summed E-state index contributed by atoms with van der Waals surface area (Å²) in [5.41, 5.74) is 0. The molecule has 0 amide bonds. The summed E-state index contributed by atoms with van der Waals surface area (Å²) in [4.78, 5) is 0.0428. The molecule has 1 aromatic carbocycles. The monoisotopic (exact) mass is 257 g/mol. The second kappa shape index (κ2) is 5.70. The lowest BCUT2D eigenvalue weighted by Crippen LogP contribution is -2.24. The third-order valence-corrected chi connectivity index (χ3v) is 3.52. The molecule has 0 spiro atoms. The van der Waals surface area contributed by atoms with Gasteiger partial charge in [-0.3, -0.25) is 0 Å². The molecule has 0 bridgehead atoms. The van der Waals surface area contributed by atoms with Gasteiger partial charge >= 0.3 is 0 Å². The third kappa shape index (κ3) is 3.21. The Labute approximate surface area is 101 Å². The maximum absolute atomic E-state index is 11.9. The maximum atomic E-state index is 11.9. The van der Waals surface area contributed by atoms with Crippen molar-refractivity contribution in [2.45, 2.75) is 4.90 Å². The summed E-state index contributed by atoms with van der Waals surface area (Å²) in [5.74, 6) is 0.715. The van der Waals surface area contributed by atoms with Crippen molar-refractivity contribution in [1.29, 1.82) is 0 Å². The van der Waals surface area contributed by atoms with E-state index >= 15 is 0 Å². The van der Waals surface area contributed by atoms with Crippen molar-refractivity contribution in [3.8, 4) is 11.5 Å². The van der Waals surface area contributed by atoms with Crippen LogP contribution in [-0.4, -0.2) is 29.2 Å². The molecule has 17 heavy (non-hydrogen) atoms. The lowest BCUT2D eigenvalue weighted by atomic mass is 10.3. The molecular weight excluding hydrogens is 242 g/mol. The van der Waals surface area contributed by atoms with Crippen molar-refractivity contribution < 1.29 is 17.9 Å². The van der Waals surface area contributed by atoms with E-state index in [0.29, 0.717) is 5.75 Å². The van der Waals surface area contributed by atoms with Crippen LogP contribution in [0.2, 0.25) is 0 Å². The standard InChI is InChI=1S/C11H15NO4S/c1-4-7-12-17(13,14)11-8-9(15-2)5-6-10(11)16-3/h4-6,8,12H,1,7H2,2-3H3. The molecule has 0 aliphatic carbocycles. The smallest absolute Gasteiger partial charge is 0.244 e. The number of ether oxygens (including phenoxy) is 2. The van der Waals surface area contributed by atoms with Gasteiger partial charge in [-0.1, -0.05) is 6.08 Å². The minimum atomic E-state index is -3.62. The Kier molecular flexibility index (Phi) is 4.53. The predicted molar refractivity (Wildman–Crippen MR) is 64.9 cm³/mol. The van der Waals surface area contributed by atoms with Gasteiger partial charge in [0, 0.05) is 12.6 Å². The van der Waals surface area contributed by atoms with Gasteiger partial charge in [0.15, 0.2) is 0 Å². The fourth-order valence-electron chi connectivity index (χ4n) is 1.24. The van der Waals surface area contributed by atoms with Crippen LogP contribution in [0.15, 0.2) is 35.7 Å². The molecule has 94 valence electrons. The highest BCUT2D eigenvalue weighted by atomic mass is 32.2. The van der Waals surface area contributed by atoms with Crippen molar-refractivity contribution in [2.75, 3.05) is 20.8 Å². The Balaban J connectivity index is 3.22. The lowest BCUT2D eigenvalue weighted by Gasteiger charge is -2.11. The Bertz CT molecular complexity index is 496. The van der Waals surface area contributed by atoms with E-state index in [2.05, 4.69) is 11.3 Å². The van der Waals surface area contributed by atoms with Crippen molar-refractivity contribution in [1.82, 2.24) is 4.72 Å². The van der Waals surface area contributed by atoms with Gasteiger partial charge in [-0.2, -0.15) is 0 Å². The number of benzene rings is 1. The molecule has 5 nitrogen and oxygen atoms in total. The van der Waals surface area contributed by atoms with Crippen LogP contribution in [0.3, 0.4) is 0 Å². The summed E-state index contributed by atoms with van der Waals surface area (Å²) in [6.45, 7) is 3.61. The van der Waals surface area contributed by atoms with E-state index in [1.165, 1.54) is 26.4 Å². The number of sulfonamides is 1. The van der Waals surface area contributed by atoms with Crippen LogP contribution in [0.5, 0.6) is 11.5 Å². The third-order valence-electron chi connectivity index (χ3n) is 2.08. The minimum Gasteiger partial charge on any atom is -0.497 e. The van der Waals surface area contributed by atoms with Gasteiger partial charge in [-0.15, -0.1) is 6.58 Å². The molecule has 0 atom stereocenters. The first-order chi connectivity index (χ1) is 8.05. The summed E-state index contributed by atoms with van der Waals surface area (Å²) in [6.07, 6.45) is 1.46. The van der Waals surface area contributed by atoms with Crippen molar-refractivity contribution in [2.24, 2.45) is 0 Å². The van der Waals surface area contributed by atoms with Crippen molar-refractivity contribution >= 4 is 10.0 Å². The number of nitrogens with one attached hydrogen (secondary N) is 1. The highest BCUT2D eigenvalue weighted by Gasteiger charge is 2.19. The average Bonchev–Trinajstić information content (AvgIpc) is 2.35. The van der Waals surface area contributed by atoms with Gasteiger partial charge in [0.05, 0.1) is 14.2 Å². The van der Waals surface area contributed by atoms with E-state index in [1.807, 2.05) is 0 Å². The summed E-state index contributed by atoms with van der Waals surface area (Å²) in [5, 5.41) is 0. The minimum absolute atomic E-state index is 0.0428. The summed E-state index contributed by atoms with van der Waals surface area (Å²) in [7, 11) is -0.745. The number of hydrogen-bond acceptors (Lipinski definition) is 4. The second-order valence-electron chi connectivity index (χ2n) is 3.16.